The molecule has 1 aromatic heterocycles. The summed E-state index contributed by atoms with van der Waals surface area (Å²) in [7, 11) is 1.91. The molecule has 0 saturated carbocycles. The van der Waals surface area contributed by atoms with E-state index in [1.165, 1.54) is 11.1 Å². The quantitative estimate of drug-likeness (QED) is 0.789. The second-order valence-electron chi connectivity index (χ2n) is 3.01. The highest BCUT2D eigenvalue weighted by Crippen LogP contribution is 2.37. The van der Waals surface area contributed by atoms with Crippen LogP contribution in [-0.2, 0) is 0 Å². The van der Waals surface area contributed by atoms with Gasteiger partial charge in [0.15, 0.2) is 0 Å². The van der Waals surface area contributed by atoms with Crippen molar-refractivity contribution in [3.8, 4) is 11.1 Å². The maximum Gasteiger partial charge on any atom is 0.0981 e. The van der Waals surface area contributed by atoms with Crippen LogP contribution in [0, 0.1) is 0 Å². The van der Waals surface area contributed by atoms with Gasteiger partial charge in [-0.05, 0) is 11.6 Å². The SMILES string of the molecule is CNc1sc(N)cc1-c1ccccc1. The van der Waals surface area contributed by atoms with Crippen LogP contribution in [0.2, 0.25) is 0 Å². The monoisotopic (exact) mass is 204 g/mol. The topological polar surface area (TPSA) is 38.0 Å². The van der Waals surface area contributed by atoms with Gasteiger partial charge < -0.3 is 11.1 Å². The van der Waals surface area contributed by atoms with Crippen molar-refractivity contribution in [1.29, 1.82) is 0 Å². The first kappa shape index (κ1) is 9.09. The van der Waals surface area contributed by atoms with E-state index >= 15 is 0 Å². The van der Waals surface area contributed by atoms with Crippen molar-refractivity contribution in [2.45, 2.75) is 0 Å². The lowest BCUT2D eigenvalue weighted by Crippen LogP contribution is -1.85. The zero-order valence-electron chi connectivity index (χ0n) is 7.95. The van der Waals surface area contributed by atoms with E-state index < -0.39 is 0 Å². The van der Waals surface area contributed by atoms with Crippen molar-refractivity contribution in [3.05, 3.63) is 36.4 Å². The smallest absolute Gasteiger partial charge is 0.0981 e. The lowest BCUT2D eigenvalue weighted by atomic mass is 10.1. The molecule has 14 heavy (non-hydrogen) atoms. The van der Waals surface area contributed by atoms with Gasteiger partial charge in [0.05, 0.1) is 10.0 Å². The van der Waals surface area contributed by atoms with E-state index in [0.717, 1.165) is 10.0 Å². The second kappa shape index (κ2) is 3.72. The van der Waals surface area contributed by atoms with Crippen LogP contribution in [0.3, 0.4) is 0 Å². The van der Waals surface area contributed by atoms with Gasteiger partial charge in [0.2, 0.25) is 0 Å². The predicted octanol–water partition coefficient (Wildman–Crippen LogP) is 3.04. The Bertz CT molecular complexity index is 420. The minimum absolute atomic E-state index is 0.841. The molecule has 3 heteroatoms. The molecule has 2 nitrogen and oxygen atoms in total. The molecule has 0 aliphatic heterocycles. The number of thiophene rings is 1. The van der Waals surface area contributed by atoms with Crippen molar-refractivity contribution in [1.82, 2.24) is 0 Å². The van der Waals surface area contributed by atoms with Crippen LogP contribution < -0.4 is 11.1 Å². The molecule has 1 aromatic carbocycles. The van der Waals surface area contributed by atoms with E-state index in [9.17, 15) is 0 Å². The highest BCUT2D eigenvalue weighted by atomic mass is 32.1. The summed E-state index contributed by atoms with van der Waals surface area (Å²) in [6, 6.07) is 12.3. The van der Waals surface area contributed by atoms with Gasteiger partial charge in [-0.1, -0.05) is 30.3 Å². The molecule has 0 unspecified atom stereocenters. The van der Waals surface area contributed by atoms with Gasteiger partial charge in [-0.2, -0.15) is 0 Å². The minimum atomic E-state index is 0.841. The first-order valence-corrected chi connectivity index (χ1v) is 5.25. The van der Waals surface area contributed by atoms with Gasteiger partial charge in [0.25, 0.3) is 0 Å². The van der Waals surface area contributed by atoms with Crippen LogP contribution >= 0.6 is 11.3 Å². The van der Waals surface area contributed by atoms with Crippen molar-refractivity contribution >= 4 is 21.3 Å². The van der Waals surface area contributed by atoms with E-state index in [1.54, 1.807) is 11.3 Å². The molecule has 72 valence electrons. The third-order valence-electron chi connectivity index (χ3n) is 2.06. The summed E-state index contributed by atoms with van der Waals surface area (Å²) in [5.41, 5.74) is 8.15. The van der Waals surface area contributed by atoms with Gasteiger partial charge in [-0.3, -0.25) is 0 Å². The van der Waals surface area contributed by atoms with Crippen LogP contribution in [0.1, 0.15) is 0 Å². The Balaban J connectivity index is 2.51. The Kier molecular flexibility index (Phi) is 2.41. The maximum absolute atomic E-state index is 5.77. The first-order chi connectivity index (χ1) is 6.81. The molecule has 2 aromatic rings. The van der Waals surface area contributed by atoms with Gasteiger partial charge in [0, 0.05) is 12.6 Å². The van der Waals surface area contributed by atoms with Crippen LogP contribution in [0.15, 0.2) is 36.4 Å². The molecular formula is C11H12N2S. The zero-order chi connectivity index (χ0) is 9.97. The minimum Gasteiger partial charge on any atom is -0.391 e. The fraction of sp³-hybridized carbons (Fsp3) is 0.0909. The third-order valence-corrected chi connectivity index (χ3v) is 3.04. The summed E-state index contributed by atoms with van der Waals surface area (Å²) in [6.07, 6.45) is 0. The number of hydrogen-bond donors (Lipinski definition) is 2. The van der Waals surface area contributed by atoms with Gasteiger partial charge in [0.1, 0.15) is 0 Å². The van der Waals surface area contributed by atoms with Gasteiger partial charge in [-0.15, -0.1) is 11.3 Å². The van der Waals surface area contributed by atoms with Crippen molar-refractivity contribution < 1.29 is 0 Å². The van der Waals surface area contributed by atoms with Gasteiger partial charge in [-0.25, -0.2) is 0 Å². The highest BCUT2D eigenvalue weighted by Gasteiger charge is 2.07. The largest absolute Gasteiger partial charge is 0.391 e. The number of nitrogens with two attached hydrogens (primary N) is 1. The van der Waals surface area contributed by atoms with E-state index in [-0.39, 0.29) is 0 Å². The summed E-state index contributed by atoms with van der Waals surface area (Å²) < 4.78 is 0. The molecule has 0 amide bonds. The number of hydrogen-bond acceptors (Lipinski definition) is 3. The third kappa shape index (κ3) is 1.59. The molecule has 0 aliphatic rings. The normalized spacial score (nSPS) is 10.1. The molecule has 0 bridgehead atoms. The van der Waals surface area contributed by atoms with Gasteiger partial charge >= 0.3 is 0 Å². The summed E-state index contributed by atoms with van der Waals surface area (Å²) in [5, 5.41) is 5.11. The fourth-order valence-corrected chi connectivity index (χ4v) is 2.23. The Labute approximate surface area is 87.4 Å². The summed E-state index contributed by atoms with van der Waals surface area (Å²) in [6.45, 7) is 0. The fourth-order valence-electron chi connectivity index (χ4n) is 1.43. The van der Waals surface area contributed by atoms with E-state index in [1.807, 2.05) is 31.3 Å². The van der Waals surface area contributed by atoms with E-state index in [0.29, 0.717) is 0 Å². The standard InChI is InChI=1S/C11H12N2S/c1-13-11-9(7-10(12)14-11)8-5-3-2-4-6-8/h2-7,13H,12H2,1H3. The molecule has 0 fully saturated rings. The molecule has 2 rings (SSSR count). The average molecular weight is 204 g/mol. The summed E-state index contributed by atoms with van der Waals surface area (Å²) in [5.74, 6) is 0. The molecular weight excluding hydrogens is 192 g/mol. The Hall–Kier alpha value is -1.48. The number of nitrogens with one attached hydrogen (secondary N) is 1. The number of benzene rings is 1. The van der Waals surface area contributed by atoms with Crippen LogP contribution in [-0.4, -0.2) is 7.05 Å². The van der Waals surface area contributed by atoms with Crippen molar-refractivity contribution in [3.63, 3.8) is 0 Å². The Morgan fingerprint density at radius 2 is 1.93 bits per heavy atom. The lowest BCUT2D eigenvalue weighted by molar-refractivity contribution is 1.57. The number of anilines is 2. The molecule has 0 spiro atoms. The molecule has 0 saturated heterocycles. The molecule has 1 heterocycles. The number of nitrogen functional groups attached to an aromatic ring is 1. The van der Waals surface area contributed by atoms with Crippen LogP contribution in [0.4, 0.5) is 10.0 Å². The Morgan fingerprint density at radius 3 is 2.57 bits per heavy atom. The van der Waals surface area contributed by atoms with Crippen LogP contribution in [0.25, 0.3) is 11.1 Å². The van der Waals surface area contributed by atoms with E-state index in [4.69, 9.17) is 5.73 Å². The molecule has 0 atom stereocenters. The van der Waals surface area contributed by atoms with Crippen molar-refractivity contribution in [2.24, 2.45) is 0 Å². The van der Waals surface area contributed by atoms with Crippen LogP contribution in [0.5, 0.6) is 0 Å². The summed E-state index contributed by atoms with van der Waals surface area (Å²) in [4.78, 5) is 0. The highest BCUT2D eigenvalue weighted by molar-refractivity contribution is 7.20. The molecule has 0 aliphatic carbocycles. The average Bonchev–Trinajstić information content (AvgIpc) is 2.61. The lowest BCUT2D eigenvalue weighted by Gasteiger charge is -2.01. The predicted molar refractivity (Wildman–Crippen MR) is 63.7 cm³/mol. The second-order valence-corrected chi connectivity index (χ2v) is 4.09. The summed E-state index contributed by atoms with van der Waals surface area (Å²) >= 11 is 1.58. The zero-order valence-corrected chi connectivity index (χ0v) is 8.77. The molecule has 0 radical (unpaired) electrons. The number of rotatable bonds is 2. The molecule has 3 N–H and O–H groups in total. The maximum atomic E-state index is 5.77. The first-order valence-electron chi connectivity index (χ1n) is 4.43. The van der Waals surface area contributed by atoms with E-state index in [2.05, 4.69) is 17.4 Å². The van der Waals surface area contributed by atoms with Crippen molar-refractivity contribution in [2.75, 3.05) is 18.1 Å². The Morgan fingerprint density at radius 1 is 1.21 bits per heavy atom.